The SMILES string of the molecule is Cc1ccc(-c2nc3sc(C)cn3c2CN)cc1. The maximum absolute atomic E-state index is 5.88. The molecule has 0 aliphatic carbocycles. The highest BCUT2D eigenvalue weighted by Gasteiger charge is 2.14. The van der Waals surface area contributed by atoms with Crippen molar-refractivity contribution in [2.45, 2.75) is 20.4 Å². The van der Waals surface area contributed by atoms with Crippen molar-refractivity contribution < 1.29 is 0 Å². The number of rotatable bonds is 2. The Morgan fingerprint density at radius 1 is 1.22 bits per heavy atom. The molecule has 4 heteroatoms. The third kappa shape index (κ3) is 1.74. The molecule has 0 radical (unpaired) electrons. The molecule has 0 fully saturated rings. The van der Waals surface area contributed by atoms with Gasteiger partial charge in [0.1, 0.15) is 0 Å². The molecule has 0 saturated carbocycles. The largest absolute Gasteiger partial charge is 0.325 e. The highest BCUT2D eigenvalue weighted by atomic mass is 32.1. The van der Waals surface area contributed by atoms with Crippen LogP contribution in [0.2, 0.25) is 0 Å². The molecule has 0 bridgehead atoms. The number of nitrogens with zero attached hydrogens (tertiary/aromatic N) is 2. The van der Waals surface area contributed by atoms with E-state index in [9.17, 15) is 0 Å². The Balaban J connectivity index is 2.22. The van der Waals surface area contributed by atoms with E-state index < -0.39 is 0 Å². The first-order valence-electron chi connectivity index (χ1n) is 5.93. The Kier molecular flexibility index (Phi) is 2.69. The summed E-state index contributed by atoms with van der Waals surface area (Å²) < 4.78 is 2.11. The topological polar surface area (TPSA) is 43.3 Å². The number of aryl methyl sites for hydroxylation is 2. The summed E-state index contributed by atoms with van der Waals surface area (Å²) in [7, 11) is 0. The van der Waals surface area contributed by atoms with E-state index >= 15 is 0 Å². The molecule has 1 aromatic carbocycles. The van der Waals surface area contributed by atoms with Crippen LogP contribution in [0, 0.1) is 13.8 Å². The van der Waals surface area contributed by atoms with Gasteiger partial charge in [-0.05, 0) is 13.8 Å². The summed E-state index contributed by atoms with van der Waals surface area (Å²) in [6, 6.07) is 8.42. The highest BCUT2D eigenvalue weighted by molar-refractivity contribution is 7.17. The van der Waals surface area contributed by atoms with E-state index in [0.29, 0.717) is 6.54 Å². The van der Waals surface area contributed by atoms with Crippen LogP contribution in [0.3, 0.4) is 0 Å². The zero-order valence-electron chi connectivity index (χ0n) is 10.5. The zero-order chi connectivity index (χ0) is 12.7. The average Bonchev–Trinajstić information content (AvgIpc) is 2.85. The summed E-state index contributed by atoms with van der Waals surface area (Å²) >= 11 is 1.70. The third-order valence-corrected chi connectivity index (χ3v) is 3.96. The van der Waals surface area contributed by atoms with Gasteiger partial charge in [0, 0.05) is 23.2 Å². The number of benzene rings is 1. The fourth-order valence-corrected chi connectivity index (χ4v) is 2.98. The second-order valence-corrected chi connectivity index (χ2v) is 5.68. The maximum Gasteiger partial charge on any atom is 0.194 e. The first kappa shape index (κ1) is 11.4. The highest BCUT2D eigenvalue weighted by Crippen LogP contribution is 2.28. The molecule has 0 aliphatic rings. The minimum atomic E-state index is 0.501. The lowest BCUT2D eigenvalue weighted by molar-refractivity contribution is 0.967. The molecular formula is C14H15N3S. The number of nitrogens with two attached hydrogens (primary N) is 1. The molecular weight excluding hydrogens is 242 g/mol. The van der Waals surface area contributed by atoms with Crippen molar-refractivity contribution in [3.05, 3.63) is 46.6 Å². The molecule has 0 atom stereocenters. The van der Waals surface area contributed by atoms with Crippen LogP contribution in [-0.2, 0) is 6.54 Å². The molecule has 2 aromatic heterocycles. The van der Waals surface area contributed by atoms with Crippen molar-refractivity contribution >= 4 is 16.3 Å². The number of fused-ring (bicyclic) bond motifs is 1. The average molecular weight is 257 g/mol. The summed E-state index contributed by atoms with van der Waals surface area (Å²) in [5, 5.41) is 0. The maximum atomic E-state index is 5.88. The van der Waals surface area contributed by atoms with E-state index in [0.717, 1.165) is 21.9 Å². The number of imidazole rings is 1. The van der Waals surface area contributed by atoms with Crippen LogP contribution in [0.1, 0.15) is 16.1 Å². The van der Waals surface area contributed by atoms with Crippen LogP contribution in [0.4, 0.5) is 0 Å². The molecule has 0 unspecified atom stereocenters. The summed E-state index contributed by atoms with van der Waals surface area (Å²) in [5.41, 5.74) is 10.4. The summed E-state index contributed by atoms with van der Waals surface area (Å²) in [6.07, 6.45) is 2.10. The molecule has 0 amide bonds. The van der Waals surface area contributed by atoms with Crippen molar-refractivity contribution in [2.24, 2.45) is 5.73 Å². The second kappa shape index (κ2) is 4.23. The fourth-order valence-electron chi connectivity index (χ4n) is 2.14. The van der Waals surface area contributed by atoms with Gasteiger partial charge < -0.3 is 5.73 Å². The van der Waals surface area contributed by atoms with E-state index in [1.165, 1.54) is 10.4 Å². The van der Waals surface area contributed by atoms with Gasteiger partial charge in [0.2, 0.25) is 0 Å². The Labute approximate surface area is 110 Å². The van der Waals surface area contributed by atoms with Crippen LogP contribution in [0.15, 0.2) is 30.5 Å². The lowest BCUT2D eigenvalue weighted by Crippen LogP contribution is -2.01. The molecule has 3 rings (SSSR count). The van der Waals surface area contributed by atoms with E-state index in [-0.39, 0.29) is 0 Å². The van der Waals surface area contributed by atoms with Crippen molar-refractivity contribution in [3.63, 3.8) is 0 Å². The standard InChI is InChI=1S/C14H15N3S/c1-9-3-5-11(6-4-9)13-12(7-15)17-8-10(2)18-14(17)16-13/h3-6,8H,7,15H2,1-2H3. The minimum Gasteiger partial charge on any atom is -0.325 e. The molecule has 0 saturated heterocycles. The summed E-state index contributed by atoms with van der Waals surface area (Å²) in [5.74, 6) is 0. The van der Waals surface area contributed by atoms with Crippen molar-refractivity contribution in [2.75, 3.05) is 0 Å². The number of aromatic nitrogens is 2. The van der Waals surface area contributed by atoms with Gasteiger partial charge in [0.05, 0.1) is 11.4 Å². The van der Waals surface area contributed by atoms with Gasteiger partial charge in [-0.3, -0.25) is 4.40 Å². The van der Waals surface area contributed by atoms with Crippen LogP contribution in [0.25, 0.3) is 16.2 Å². The van der Waals surface area contributed by atoms with E-state index in [1.807, 2.05) is 0 Å². The van der Waals surface area contributed by atoms with Crippen LogP contribution in [-0.4, -0.2) is 9.38 Å². The first-order valence-corrected chi connectivity index (χ1v) is 6.75. The smallest absolute Gasteiger partial charge is 0.194 e. The van der Waals surface area contributed by atoms with Gasteiger partial charge in [0.25, 0.3) is 0 Å². The molecule has 0 spiro atoms. The fraction of sp³-hybridized carbons (Fsp3) is 0.214. The Bertz CT molecular complexity index is 692. The Morgan fingerprint density at radius 3 is 2.61 bits per heavy atom. The molecule has 3 nitrogen and oxygen atoms in total. The Hall–Kier alpha value is -1.65. The number of hydrogen-bond donors (Lipinski definition) is 1. The zero-order valence-corrected chi connectivity index (χ0v) is 11.3. The van der Waals surface area contributed by atoms with Crippen molar-refractivity contribution in [1.82, 2.24) is 9.38 Å². The normalized spacial score (nSPS) is 11.3. The lowest BCUT2D eigenvalue weighted by Gasteiger charge is -2.02. The van der Waals surface area contributed by atoms with E-state index in [1.54, 1.807) is 11.3 Å². The van der Waals surface area contributed by atoms with E-state index in [2.05, 4.69) is 48.7 Å². The predicted molar refractivity (Wildman–Crippen MR) is 75.9 cm³/mol. The van der Waals surface area contributed by atoms with Gasteiger partial charge in [-0.2, -0.15) is 0 Å². The monoisotopic (exact) mass is 257 g/mol. The van der Waals surface area contributed by atoms with Crippen molar-refractivity contribution in [3.8, 4) is 11.3 Å². The van der Waals surface area contributed by atoms with E-state index in [4.69, 9.17) is 10.7 Å². The first-order chi connectivity index (χ1) is 8.69. The lowest BCUT2D eigenvalue weighted by atomic mass is 10.1. The summed E-state index contributed by atoms with van der Waals surface area (Å²) in [6.45, 7) is 4.68. The minimum absolute atomic E-state index is 0.501. The molecule has 3 aromatic rings. The molecule has 2 heterocycles. The number of hydrogen-bond acceptors (Lipinski definition) is 3. The third-order valence-electron chi connectivity index (χ3n) is 3.06. The van der Waals surface area contributed by atoms with Crippen LogP contribution >= 0.6 is 11.3 Å². The number of thiazole rings is 1. The summed E-state index contributed by atoms with van der Waals surface area (Å²) in [4.78, 5) is 6.98. The molecule has 92 valence electrons. The molecule has 18 heavy (non-hydrogen) atoms. The van der Waals surface area contributed by atoms with Crippen molar-refractivity contribution in [1.29, 1.82) is 0 Å². The van der Waals surface area contributed by atoms with Gasteiger partial charge in [-0.1, -0.05) is 29.8 Å². The van der Waals surface area contributed by atoms with Gasteiger partial charge in [0.15, 0.2) is 4.96 Å². The molecule has 0 aliphatic heterocycles. The quantitative estimate of drug-likeness (QED) is 0.766. The van der Waals surface area contributed by atoms with Gasteiger partial charge in [-0.15, -0.1) is 11.3 Å². The predicted octanol–water partition coefficient (Wildman–Crippen LogP) is 3.14. The van der Waals surface area contributed by atoms with Crippen LogP contribution < -0.4 is 5.73 Å². The molecule has 2 N–H and O–H groups in total. The van der Waals surface area contributed by atoms with Gasteiger partial charge >= 0.3 is 0 Å². The Morgan fingerprint density at radius 2 is 1.94 bits per heavy atom. The van der Waals surface area contributed by atoms with Gasteiger partial charge in [-0.25, -0.2) is 4.98 Å². The second-order valence-electron chi connectivity index (χ2n) is 4.47. The van der Waals surface area contributed by atoms with Crippen LogP contribution in [0.5, 0.6) is 0 Å².